The van der Waals surface area contributed by atoms with Gasteiger partial charge in [-0.05, 0) is 37.5 Å². The van der Waals surface area contributed by atoms with Gasteiger partial charge in [-0.2, -0.15) is 0 Å². The van der Waals surface area contributed by atoms with Crippen molar-refractivity contribution in [3.63, 3.8) is 0 Å². The lowest BCUT2D eigenvalue weighted by molar-refractivity contribution is -0.122. The Balaban J connectivity index is 2.12. The Morgan fingerprint density at radius 1 is 1.42 bits per heavy atom. The molecule has 0 spiro atoms. The van der Waals surface area contributed by atoms with Crippen LogP contribution in [0, 0.1) is 11.3 Å². The second kappa shape index (κ2) is 2.01. The van der Waals surface area contributed by atoms with Gasteiger partial charge < -0.3 is 0 Å². The van der Waals surface area contributed by atoms with Crippen molar-refractivity contribution < 1.29 is 4.79 Å². The monoisotopic (exact) mass is 162 g/mol. The Kier molecular flexibility index (Phi) is 1.15. The van der Waals surface area contributed by atoms with Crippen LogP contribution in [0.25, 0.3) is 0 Å². The summed E-state index contributed by atoms with van der Waals surface area (Å²) in [5.41, 5.74) is 1.93. The molecule has 0 aromatic heterocycles. The largest absolute Gasteiger partial charge is 0.299 e. The summed E-state index contributed by atoms with van der Waals surface area (Å²) in [6.07, 6.45) is 9.53. The topological polar surface area (TPSA) is 17.1 Å². The van der Waals surface area contributed by atoms with Crippen LogP contribution in [0.1, 0.15) is 38.5 Å². The lowest BCUT2D eigenvalue weighted by atomic mass is 9.75. The predicted octanol–water partition coefficient (Wildman–Crippen LogP) is 2.47. The van der Waals surface area contributed by atoms with E-state index >= 15 is 0 Å². The Bertz CT molecular complexity index is 277. The molecule has 2 bridgehead atoms. The van der Waals surface area contributed by atoms with Crippen molar-refractivity contribution in [1.82, 2.24) is 0 Å². The van der Waals surface area contributed by atoms with Crippen LogP contribution in [0.4, 0.5) is 0 Å². The van der Waals surface area contributed by atoms with Gasteiger partial charge in [0.15, 0.2) is 0 Å². The summed E-state index contributed by atoms with van der Waals surface area (Å²) in [6, 6.07) is 0. The van der Waals surface area contributed by atoms with E-state index in [-0.39, 0.29) is 0 Å². The van der Waals surface area contributed by atoms with E-state index in [1.165, 1.54) is 25.7 Å². The minimum Gasteiger partial charge on any atom is -0.299 e. The Hall–Kier alpha value is -0.590. The van der Waals surface area contributed by atoms with Crippen molar-refractivity contribution in [2.24, 2.45) is 11.3 Å². The molecule has 0 aromatic carbocycles. The zero-order valence-corrected chi connectivity index (χ0v) is 7.31. The number of carbonyl (C=O) groups excluding carboxylic acids is 1. The van der Waals surface area contributed by atoms with E-state index in [0.29, 0.717) is 17.1 Å². The van der Waals surface area contributed by atoms with Crippen LogP contribution in [0.5, 0.6) is 0 Å². The maximum Gasteiger partial charge on any atom is 0.140 e. The van der Waals surface area contributed by atoms with Crippen molar-refractivity contribution in [3.8, 4) is 0 Å². The van der Waals surface area contributed by atoms with Gasteiger partial charge in [-0.15, -0.1) is 0 Å². The van der Waals surface area contributed by atoms with Gasteiger partial charge in [0.05, 0.1) is 0 Å². The highest BCUT2D eigenvalue weighted by atomic mass is 16.1. The first-order valence-electron chi connectivity index (χ1n) is 5.05. The van der Waals surface area contributed by atoms with Gasteiger partial charge in [-0.1, -0.05) is 11.6 Å². The normalized spacial score (nSPS) is 44.5. The third-order valence-corrected chi connectivity index (χ3v) is 4.02. The van der Waals surface area contributed by atoms with E-state index in [0.717, 1.165) is 12.8 Å². The number of rotatable bonds is 0. The summed E-state index contributed by atoms with van der Waals surface area (Å²) in [6.45, 7) is 0. The summed E-state index contributed by atoms with van der Waals surface area (Å²) in [7, 11) is 0. The number of hydrogen-bond acceptors (Lipinski definition) is 1. The van der Waals surface area contributed by atoms with Crippen LogP contribution in [-0.4, -0.2) is 5.78 Å². The first-order chi connectivity index (χ1) is 5.82. The summed E-state index contributed by atoms with van der Waals surface area (Å²) in [5, 5.41) is 0. The van der Waals surface area contributed by atoms with Gasteiger partial charge in [-0.25, -0.2) is 0 Å². The minimum atomic E-state index is 0.366. The SMILES string of the molecule is O=C1CC23CCCC=C2C1CC3. The first-order valence-corrected chi connectivity index (χ1v) is 5.05. The standard InChI is InChI=1S/C11H14O/c12-10-7-11-5-2-1-3-9(11)8(10)4-6-11/h3,8H,1-2,4-7H2. The van der Waals surface area contributed by atoms with E-state index in [2.05, 4.69) is 6.08 Å². The first kappa shape index (κ1) is 6.88. The van der Waals surface area contributed by atoms with Crippen molar-refractivity contribution in [3.05, 3.63) is 11.6 Å². The molecule has 64 valence electrons. The molecule has 2 unspecified atom stereocenters. The summed E-state index contributed by atoms with van der Waals surface area (Å²) in [5.74, 6) is 0.903. The molecule has 0 aliphatic heterocycles. The van der Waals surface area contributed by atoms with E-state index < -0.39 is 0 Å². The summed E-state index contributed by atoms with van der Waals surface area (Å²) < 4.78 is 0. The number of allylic oxidation sites excluding steroid dienone is 2. The van der Waals surface area contributed by atoms with Crippen LogP contribution in [-0.2, 0) is 4.79 Å². The predicted molar refractivity (Wildman–Crippen MR) is 46.7 cm³/mol. The number of ketones is 1. The highest BCUT2D eigenvalue weighted by molar-refractivity contribution is 5.90. The zero-order valence-electron chi connectivity index (χ0n) is 7.31. The van der Waals surface area contributed by atoms with Crippen molar-refractivity contribution in [2.75, 3.05) is 0 Å². The molecule has 3 aliphatic carbocycles. The molecule has 1 nitrogen and oxygen atoms in total. The molecule has 0 N–H and O–H groups in total. The Labute approximate surface area is 72.8 Å². The molecule has 0 amide bonds. The lowest BCUT2D eigenvalue weighted by Crippen LogP contribution is -2.19. The second-order valence-electron chi connectivity index (χ2n) is 4.57. The molecule has 0 aromatic rings. The van der Waals surface area contributed by atoms with Crippen LogP contribution < -0.4 is 0 Å². The van der Waals surface area contributed by atoms with Gasteiger partial charge in [0.25, 0.3) is 0 Å². The molecular formula is C11H14O. The summed E-state index contributed by atoms with van der Waals surface area (Å²) >= 11 is 0. The van der Waals surface area contributed by atoms with Gasteiger partial charge in [-0.3, -0.25) is 4.79 Å². The fraction of sp³-hybridized carbons (Fsp3) is 0.727. The molecule has 12 heavy (non-hydrogen) atoms. The van der Waals surface area contributed by atoms with Crippen LogP contribution >= 0.6 is 0 Å². The molecule has 3 aliphatic rings. The van der Waals surface area contributed by atoms with Crippen molar-refractivity contribution >= 4 is 5.78 Å². The van der Waals surface area contributed by atoms with Gasteiger partial charge in [0.2, 0.25) is 0 Å². The Morgan fingerprint density at radius 2 is 2.33 bits per heavy atom. The number of hydrogen-bond donors (Lipinski definition) is 0. The van der Waals surface area contributed by atoms with Gasteiger partial charge in [0, 0.05) is 12.3 Å². The molecule has 3 rings (SSSR count). The van der Waals surface area contributed by atoms with Crippen LogP contribution in [0.2, 0.25) is 0 Å². The molecule has 0 saturated heterocycles. The average molecular weight is 162 g/mol. The summed E-state index contributed by atoms with van der Waals surface area (Å²) in [4.78, 5) is 11.6. The second-order valence-corrected chi connectivity index (χ2v) is 4.57. The van der Waals surface area contributed by atoms with E-state index in [9.17, 15) is 4.79 Å². The quantitative estimate of drug-likeness (QED) is 0.500. The van der Waals surface area contributed by atoms with Gasteiger partial charge in [0.1, 0.15) is 5.78 Å². The van der Waals surface area contributed by atoms with Crippen LogP contribution in [0.3, 0.4) is 0 Å². The maximum atomic E-state index is 11.6. The van der Waals surface area contributed by atoms with E-state index in [1.807, 2.05) is 0 Å². The van der Waals surface area contributed by atoms with Crippen LogP contribution in [0.15, 0.2) is 11.6 Å². The molecule has 2 saturated carbocycles. The molecule has 1 heteroatoms. The third-order valence-electron chi connectivity index (χ3n) is 4.02. The van der Waals surface area contributed by atoms with Gasteiger partial charge >= 0.3 is 0 Å². The van der Waals surface area contributed by atoms with Crippen molar-refractivity contribution in [1.29, 1.82) is 0 Å². The van der Waals surface area contributed by atoms with Crippen molar-refractivity contribution in [2.45, 2.75) is 38.5 Å². The molecular weight excluding hydrogens is 148 g/mol. The molecule has 2 fully saturated rings. The lowest BCUT2D eigenvalue weighted by Gasteiger charge is -2.29. The highest BCUT2D eigenvalue weighted by Gasteiger charge is 2.54. The molecule has 0 radical (unpaired) electrons. The molecule has 2 atom stereocenters. The maximum absolute atomic E-state index is 11.6. The average Bonchev–Trinajstić information content (AvgIpc) is 2.55. The zero-order chi connectivity index (χ0) is 8.18. The molecule has 0 heterocycles. The number of carbonyl (C=O) groups is 1. The van der Waals surface area contributed by atoms with E-state index in [1.54, 1.807) is 5.57 Å². The smallest absolute Gasteiger partial charge is 0.140 e. The highest BCUT2D eigenvalue weighted by Crippen LogP contribution is 2.60. The fourth-order valence-corrected chi connectivity index (χ4v) is 3.49. The fourth-order valence-electron chi connectivity index (χ4n) is 3.49. The number of Topliss-reactive ketones (excluding diaryl/α,β-unsaturated/α-hetero) is 1. The third kappa shape index (κ3) is 0.634. The minimum absolute atomic E-state index is 0.366. The Morgan fingerprint density at radius 3 is 3.08 bits per heavy atom. The van der Waals surface area contributed by atoms with E-state index in [4.69, 9.17) is 0 Å².